The minimum Gasteiger partial charge on any atom is -0.388 e. The van der Waals surface area contributed by atoms with Crippen molar-refractivity contribution in [2.45, 2.75) is 13.8 Å². The Bertz CT molecular complexity index is 431. The van der Waals surface area contributed by atoms with Crippen LogP contribution in [0, 0.1) is 0 Å². The molecule has 0 saturated carbocycles. The highest BCUT2D eigenvalue weighted by molar-refractivity contribution is 6.30. The van der Waals surface area contributed by atoms with Crippen molar-refractivity contribution in [2.75, 3.05) is 12.4 Å². The number of nitrogens with one attached hydrogen (secondary N) is 1. The fraction of sp³-hybridized carbons (Fsp3) is 0.200. The van der Waals surface area contributed by atoms with Crippen LogP contribution in [0.2, 0.25) is 5.02 Å². The fourth-order valence-electron chi connectivity index (χ4n) is 1.47. The lowest BCUT2D eigenvalue weighted by Gasteiger charge is -2.03. The molecule has 0 fully saturated rings. The molecule has 0 aliphatic carbocycles. The molecule has 0 aromatic heterocycles. The number of hydrogen-bond acceptors (Lipinski definition) is 1. The molecule has 2 aromatic carbocycles. The normalized spacial score (nSPS) is 9.18. The van der Waals surface area contributed by atoms with Crippen LogP contribution in [0.15, 0.2) is 48.5 Å². The van der Waals surface area contributed by atoms with Gasteiger partial charge in [0.15, 0.2) is 0 Å². The van der Waals surface area contributed by atoms with E-state index in [1.54, 1.807) is 0 Å². The molecular weight excluding hydrogens is 230 g/mol. The van der Waals surface area contributed by atoms with Crippen LogP contribution in [-0.2, 0) is 0 Å². The summed E-state index contributed by atoms with van der Waals surface area (Å²) in [6.45, 7) is 4.00. The van der Waals surface area contributed by atoms with Crippen LogP contribution in [0.4, 0.5) is 5.69 Å². The molecule has 0 saturated heterocycles. The molecule has 0 amide bonds. The second-order valence-electron chi connectivity index (χ2n) is 3.33. The molecule has 0 unspecified atom stereocenters. The summed E-state index contributed by atoms with van der Waals surface area (Å²) in [5.74, 6) is 0. The Morgan fingerprint density at radius 2 is 1.18 bits per heavy atom. The number of rotatable bonds is 2. The molecule has 1 N–H and O–H groups in total. The lowest BCUT2D eigenvalue weighted by atomic mass is 10.1. The van der Waals surface area contributed by atoms with Crippen molar-refractivity contribution in [2.24, 2.45) is 0 Å². The van der Waals surface area contributed by atoms with E-state index in [-0.39, 0.29) is 0 Å². The second kappa shape index (κ2) is 6.97. The zero-order chi connectivity index (χ0) is 12.7. The van der Waals surface area contributed by atoms with Crippen molar-refractivity contribution in [3.05, 3.63) is 53.6 Å². The van der Waals surface area contributed by atoms with Crippen LogP contribution in [0.3, 0.4) is 0 Å². The van der Waals surface area contributed by atoms with Crippen LogP contribution in [0.25, 0.3) is 11.1 Å². The summed E-state index contributed by atoms with van der Waals surface area (Å²) < 4.78 is 0. The van der Waals surface area contributed by atoms with Gasteiger partial charge in [0, 0.05) is 17.8 Å². The van der Waals surface area contributed by atoms with Gasteiger partial charge >= 0.3 is 0 Å². The minimum atomic E-state index is 0.769. The summed E-state index contributed by atoms with van der Waals surface area (Å²) in [6, 6.07) is 16.2. The van der Waals surface area contributed by atoms with E-state index in [4.69, 9.17) is 11.6 Å². The van der Waals surface area contributed by atoms with Gasteiger partial charge < -0.3 is 5.32 Å². The van der Waals surface area contributed by atoms with Crippen molar-refractivity contribution in [3.8, 4) is 11.1 Å². The number of hydrogen-bond donors (Lipinski definition) is 1. The van der Waals surface area contributed by atoms with Crippen LogP contribution >= 0.6 is 11.6 Å². The quantitative estimate of drug-likeness (QED) is 0.781. The average Bonchev–Trinajstić information content (AvgIpc) is 2.42. The molecule has 90 valence electrons. The predicted molar refractivity (Wildman–Crippen MR) is 77.8 cm³/mol. The molecule has 1 nitrogen and oxygen atoms in total. The van der Waals surface area contributed by atoms with Gasteiger partial charge in [0.1, 0.15) is 0 Å². The third-order valence-corrected chi connectivity index (χ3v) is 2.60. The molecule has 2 rings (SSSR count). The molecule has 2 aromatic rings. The van der Waals surface area contributed by atoms with Crippen molar-refractivity contribution in [1.82, 2.24) is 0 Å². The molecular formula is C15H18ClN. The number of benzene rings is 2. The topological polar surface area (TPSA) is 12.0 Å². The lowest BCUT2D eigenvalue weighted by Crippen LogP contribution is -1.86. The van der Waals surface area contributed by atoms with Gasteiger partial charge in [0.25, 0.3) is 0 Å². The summed E-state index contributed by atoms with van der Waals surface area (Å²) in [7, 11) is 1.91. The molecule has 0 aliphatic heterocycles. The van der Waals surface area contributed by atoms with Crippen molar-refractivity contribution in [3.63, 3.8) is 0 Å². The summed E-state index contributed by atoms with van der Waals surface area (Å²) in [5.41, 5.74) is 3.50. The molecule has 17 heavy (non-hydrogen) atoms. The highest BCUT2D eigenvalue weighted by Crippen LogP contribution is 2.22. The number of halogens is 1. The van der Waals surface area contributed by atoms with Crippen LogP contribution in [0.1, 0.15) is 13.8 Å². The third kappa shape index (κ3) is 3.79. The lowest BCUT2D eigenvalue weighted by molar-refractivity contribution is 1.50. The maximum absolute atomic E-state index is 5.84. The van der Waals surface area contributed by atoms with E-state index < -0.39 is 0 Å². The molecule has 0 spiro atoms. The van der Waals surface area contributed by atoms with E-state index in [0.29, 0.717) is 0 Å². The van der Waals surface area contributed by atoms with Gasteiger partial charge in [-0.15, -0.1) is 0 Å². The van der Waals surface area contributed by atoms with Gasteiger partial charge in [0.2, 0.25) is 0 Å². The highest BCUT2D eigenvalue weighted by atomic mass is 35.5. The second-order valence-corrected chi connectivity index (χ2v) is 3.77. The molecule has 0 atom stereocenters. The number of anilines is 1. The Morgan fingerprint density at radius 1 is 0.765 bits per heavy atom. The molecule has 0 bridgehead atoms. The van der Waals surface area contributed by atoms with Crippen LogP contribution in [0.5, 0.6) is 0 Å². The van der Waals surface area contributed by atoms with Gasteiger partial charge in [-0.3, -0.25) is 0 Å². The Labute approximate surface area is 108 Å². The Hall–Kier alpha value is -1.47. The first-order valence-electron chi connectivity index (χ1n) is 5.83. The van der Waals surface area contributed by atoms with Crippen molar-refractivity contribution < 1.29 is 0 Å². The largest absolute Gasteiger partial charge is 0.388 e. The third-order valence-electron chi connectivity index (χ3n) is 2.35. The summed E-state index contributed by atoms with van der Waals surface area (Å²) in [6.07, 6.45) is 0. The smallest absolute Gasteiger partial charge is 0.0406 e. The summed E-state index contributed by atoms with van der Waals surface area (Å²) in [5, 5.41) is 3.86. The SMILES string of the molecule is CC.CNc1ccc(-c2ccc(Cl)cc2)cc1. The Balaban J connectivity index is 0.000000686. The van der Waals surface area contributed by atoms with Crippen molar-refractivity contribution >= 4 is 17.3 Å². The molecule has 0 radical (unpaired) electrons. The van der Waals surface area contributed by atoms with Gasteiger partial charge in [-0.2, -0.15) is 0 Å². The monoisotopic (exact) mass is 247 g/mol. The highest BCUT2D eigenvalue weighted by Gasteiger charge is 1.97. The Morgan fingerprint density at radius 3 is 1.59 bits per heavy atom. The van der Waals surface area contributed by atoms with Crippen LogP contribution in [-0.4, -0.2) is 7.05 Å². The molecule has 0 aliphatic rings. The van der Waals surface area contributed by atoms with Gasteiger partial charge in [0.05, 0.1) is 0 Å². The minimum absolute atomic E-state index is 0.769. The molecule has 2 heteroatoms. The zero-order valence-electron chi connectivity index (χ0n) is 10.5. The van der Waals surface area contributed by atoms with Gasteiger partial charge in [-0.1, -0.05) is 49.7 Å². The first-order chi connectivity index (χ1) is 8.29. The fourth-order valence-corrected chi connectivity index (χ4v) is 1.60. The van der Waals surface area contributed by atoms with E-state index >= 15 is 0 Å². The van der Waals surface area contributed by atoms with Crippen LogP contribution < -0.4 is 5.32 Å². The summed E-state index contributed by atoms with van der Waals surface area (Å²) in [4.78, 5) is 0. The van der Waals surface area contributed by atoms with Gasteiger partial charge in [-0.05, 0) is 35.4 Å². The first-order valence-corrected chi connectivity index (χ1v) is 6.21. The maximum Gasteiger partial charge on any atom is 0.0406 e. The van der Waals surface area contributed by atoms with E-state index in [9.17, 15) is 0 Å². The first kappa shape index (κ1) is 13.6. The summed E-state index contributed by atoms with van der Waals surface area (Å²) >= 11 is 5.84. The van der Waals surface area contributed by atoms with E-state index in [2.05, 4.69) is 29.6 Å². The average molecular weight is 248 g/mol. The standard InChI is InChI=1S/C13H12ClN.C2H6/c1-15-13-8-4-11(5-9-13)10-2-6-12(14)7-3-10;1-2/h2-9,15H,1H3;1-2H3. The molecule has 0 heterocycles. The van der Waals surface area contributed by atoms with E-state index in [0.717, 1.165) is 10.7 Å². The van der Waals surface area contributed by atoms with Gasteiger partial charge in [-0.25, -0.2) is 0 Å². The maximum atomic E-state index is 5.84. The van der Waals surface area contributed by atoms with Crippen molar-refractivity contribution in [1.29, 1.82) is 0 Å². The Kier molecular flexibility index (Phi) is 5.58. The predicted octanol–water partition coefficient (Wildman–Crippen LogP) is 5.07. The van der Waals surface area contributed by atoms with E-state index in [1.807, 2.05) is 45.2 Å². The zero-order valence-corrected chi connectivity index (χ0v) is 11.3. The van der Waals surface area contributed by atoms with E-state index in [1.165, 1.54) is 11.1 Å².